The Morgan fingerprint density at radius 1 is 1.20 bits per heavy atom. The fraction of sp³-hybridized carbons (Fsp3) is 0.357. The van der Waals surface area contributed by atoms with Crippen LogP contribution in [0.3, 0.4) is 0 Å². The van der Waals surface area contributed by atoms with Crippen molar-refractivity contribution in [3.8, 4) is 17.0 Å². The maximum atomic E-state index is 15.0. The van der Waals surface area contributed by atoms with E-state index in [9.17, 15) is 22.8 Å². The Hall–Kier alpha value is -3.86. The predicted molar refractivity (Wildman–Crippen MR) is 143 cm³/mol. The van der Waals surface area contributed by atoms with E-state index in [2.05, 4.69) is 20.1 Å². The minimum Gasteiger partial charge on any atom is -0.434 e. The maximum Gasteiger partial charge on any atom is 0.387 e. The predicted octanol–water partition coefficient (Wildman–Crippen LogP) is 5.99. The number of aromatic nitrogens is 3. The number of benzene rings is 1. The van der Waals surface area contributed by atoms with E-state index in [1.54, 1.807) is 29.0 Å². The monoisotopic (exact) mass is 573 g/mol. The molecule has 2 unspecified atom stereocenters. The number of halogens is 4. The summed E-state index contributed by atoms with van der Waals surface area (Å²) in [5.41, 5.74) is 2.69. The molecule has 2 aliphatic rings. The molecule has 210 valence electrons. The summed E-state index contributed by atoms with van der Waals surface area (Å²) >= 11 is 5.93. The highest BCUT2D eigenvalue weighted by Crippen LogP contribution is 2.39. The van der Waals surface area contributed by atoms with Gasteiger partial charge in [-0.1, -0.05) is 24.9 Å². The number of amides is 2. The van der Waals surface area contributed by atoms with Crippen LogP contribution in [-0.2, 0) is 16.6 Å². The van der Waals surface area contributed by atoms with Gasteiger partial charge in [-0.3, -0.25) is 19.3 Å². The number of fused-ring (bicyclic) bond motifs is 4. The molecule has 4 heterocycles. The quantitative estimate of drug-likeness (QED) is 0.414. The zero-order valence-corrected chi connectivity index (χ0v) is 22.6. The number of carbonyl (C=O) groups excluding carboxylic acids is 2. The van der Waals surface area contributed by atoms with Crippen LogP contribution in [0.5, 0.6) is 5.75 Å². The molecule has 2 atom stereocenters. The first-order valence-electron chi connectivity index (χ1n) is 12.9. The zero-order valence-electron chi connectivity index (χ0n) is 21.8. The van der Waals surface area contributed by atoms with Crippen molar-refractivity contribution in [2.45, 2.75) is 45.3 Å². The van der Waals surface area contributed by atoms with Crippen LogP contribution in [0.25, 0.3) is 16.8 Å². The Balaban J connectivity index is 1.52. The molecule has 12 heteroatoms. The van der Waals surface area contributed by atoms with Crippen LogP contribution in [-0.4, -0.2) is 44.6 Å². The summed E-state index contributed by atoms with van der Waals surface area (Å²) in [4.78, 5) is 32.6. The van der Waals surface area contributed by atoms with Crippen molar-refractivity contribution in [1.82, 2.24) is 19.7 Å². The number of hydrogen-bond acceptors (Lipinski definition) is 5. The Bertz CT molecular complexity index is 1490. The van der Waals surface area contributed by atoms with Crippen LogP contribution in [0, 0.1) is 11.7 Å². The van der Waals surface area contributed by atoms with Gasteiger partial charge in [-0.25, -0.2) is 4.39 Å². The van der Waals surface area contributed by atoms with Gasteiger partial charge in [-0.2, -0.15) is 13.9 Å². The third-order valence-electron chi connectivity index (χ3n) is 7.33. The third-order valence-corrected chi connectivity index (χ3v) is 7.62. The Morgan fingerprint density at radius 2 is 2.00 bits per heavy atom. The van der Waals surface area contributed by atoms with E-state index in [0.717, 1.165) is 17.7 Å². The van der Waals surface area contributed by atoms with Gasteiger partial charge in [0.15, 0.2) is 5.82 Å². The van der Waals surface area contributed by atoms with Crippen molar-refractivity contribution < 1.29 is 27.5 Å². The summed E-state index contributed by atoms with van der Waals surface area (Å²) < 4.78 is 47.2. The zero-order chi connectivity index (χ0) is 28.6. The van der Waals surface area contributed by atoms with Gasteiger partial charge in [0.25, 0.3) is 0 Å². The highest BCUT2D eigenvalue weighted by atomic mass is 35.5. The normalized spacial score (nSPS) is 19.9. The fourth-order valence-corrected chi connectivity index (χ4v) is 5.46. The Kier molecular flexibility index (Phi) is 7.84. The number of alkyl halides is 2. The van der Waals surface area contributed by atoms with Crippen molar-refractivity contribution in [1.29, 1.82) is 0 Å². The van der Waals surface area contributed by atoms with Gasteiger partial charge in [-0.15, -0.1) is 0 Å². The molecule has 0 saturated heterocycles. The summed E-state index contributed by atoms with van der Waals surface area (Å²) in [6.07, 6.45) is 6.44. The van der Waals surface area contributed by atoms with Gasteiger partial charge in [-0.05, 0) is 49.1 Å². The number of ether oxygens (including phenoxy) is 1. The van der Waals surface area contributed by atoms with Crippen LogP contribution in [0.15, 0.2) is 42.7 Å². The standard InChI is InChI=1S/C28H27ClF3N5O3/c1-15-4-3-5-21(19-12-17(8-10-33-19)26-20(35-27(15)39)14-34-36(26)2)37-11-9-16(13-23(37)38)24-22(40-28(31)32)7-6-18(29)25(24)30/h6-8,10,12-15,21,28H,3-5,9,11H2,1-2H3,(H,35,39). The first-order chi connectivity index (χ1) is 19.1. The lowest BCUT2D eigenvalue weighted by atomic mass is 9.93. The lowest BCUT2D eigenvalue weighted by Gasteiger charge is -2.34. The smallest absolute Gasteiger partial charge is 0.387 e. The van der Waals surface area contributed by atoms with Gasteiger partial charge in [0, 0.05) is 37.3 Å². The molecule has 2 aliphatic heterocycles. The SMILES string of the molecule is CC1CCCC(N2CCC(c3c(OC(F)F)ccc(Cl)c3F)=CC2=O)c2cc(ccn2)-c2c(cnn2C)NC1=O. The minimum absolute atomic E-state index is 0.118. The number of anilines is 1. The molecule has 0 radical (unpaired) electrons. The number of hydrogen-bond donors (Lipinski definition) is 1. The maximum absolute atomic E-state index is 15.0. The van der Waals surface area contributed by atoms with E-state index in [0.29, 0.717) is 36.3 Å². The second-order valence-corrected chi connectivity index (χ2v) is 10.3. The van der Waals surface area contributed by atoms with E-state index in [1.807, 2.05) is 19.1 Å². The van der Waals surface area contributed by atoms with Crippen molar-refractivity contribution >= 4 is 34.7 Å². The van der Waals surface area contributed by atoms with Crippen molar-refractivity contribution in [3.63, 3.8) is 0 Å². The van der Waals surface area contributed by atoms with Crippen LogP contribution in [0.2, 0.25) is 5.02 Å². The second-order valence-electron chi connectivity index (χ2n) is 9.90. The summed E-state index contributed by atoms with van der Waals surface area (Å²) in [5, 5.41) is 7.02. The largest absolute Gasteiger partial charge is 0.434 e. The molecular formula is C28H27ClF3N5O3. The summed E-state index contributed by atoms with van der Waals surface area (Å²) in [6.45, 7) is -1.13. The topological polar surface area (TPSA) is 89.3 Å². The summed E-state index contributed by atoms with van der Waals surface area (Å²) in [7, 11) is 1.78. The van der Waals surface area contributed by atoms with E-state index in [1.165, 1.54) is 6.08 Å². The molecule has 8 nitrogen and oxygen atoms in total. The van der Waals surface area contributed by atoms with E-state index < -0.39 is 24.4 Å². The molecule has 2 aromatic heterocycles. The summed E-state index contributed by atoms with van der Waals surface area (Å²) in [6, 6.07) is 5.55. The highest BCUT2D eigenvalue weighted by Gasteiger charge is 2.32. The van der Waals surface area contributed by atoms with Crippen molar-refractivity contribution in [3.05, 3.63) is 64.8 Å². The number of rotatable bonds is 4. The van der Waals surface area contributed by atoms with Crippen molar-refractivity contribution in [2.24, 2.45) is 13.0 Å². The van der Waals surface area contributed by atoms with Crippen LogP contribution in [0.4, 0.5) is 18.9 Å². The Morgan fingerprint density at radius 3 is 2.75 bits per heavy atom. The molecule has 40 heavy (non-hydrogen) atoms. The lowest BCUT2D eigenvalue weighted by molar-refractivity contribution is -0.129. The molecule has 5 rings (SSSR count). The molecule has 0 fully saturated rings. The van der Waals surface area contributed by atoms with E-state index >= 15 is 0 Å². The molecule has 1 N–H and O–H groups in total. The highest BCUT2D eigenvalue weighted by molar-refractivity contribution is 6.31. The number of nitrogens with one attached hydrogen (secondary N) is 1. The number of aryl methyl sites for hydroxylation is 1. The average Bonchev–Trinajstić information content (AvgIpc) is 3.28. The Labute approximate surface area is 233 Å². The van der Waals surface area contributed by atoms with Gasteiger partial charge >= 0.3 is 6.61 Å². The van der Waals surface area contributed by atoms with Crippen molar-refractivity contribution in [2.75, 3.05) is 11.9 Å². The van der Waals surface area contributed by atoms with E-state index in [4.69, 9.17) is 11.6 Å². The fourth-order valence-electron chi connectivity index (χ4n) is 5.31. The van der Waals surface area contributed by atoms with Crippen LogP contribution < -0.4 is 10.1 Å². The molecule has 0 saturated carbocycles. The summed E-state index contributed by atoms with van der Waals surface area (Å²) in [5.74, 6) is -2.12. The van der Waals surface area contributed by atoms with Gasteiger partial charge in [0.2, 0.25) is 11.8 Å². The first kappa shape index (κ1) is 27.7. The number of nitrogens with zero attached hydrogens (tertiary/aromatic N) is 4. The molecule has 2 amide bonds. The molecule has 2 bridgehead atoms. The molecule has 3 aromatic rings. The lowest BCUT2D eigenvalue weighted by Crippen LogP contribution is -2.38. The molecular weight excluding hydrogens is 547 g/mol. The minimum atomic E-state index is -3.17. The molecule has 1 aromatic carbocycles. The van der Waals surface area contributed by atoms with Gasteiger partial charge in [0.1, 0.15) is 5.75 Å². The van der Waals surface area contributed by atoms with Crippen LogP contribution >= 0.6 is 11.6 Å². The van der Waals surface area contributed by atoms with Gasteiger partial charge < -0.3 is 15.0 Å². The number of carbonyl (C=O) groups is 2. The molecule has 0 aliphatic carbocycles. The third kappa shape index (κ3) is 5.42. The first-order valence-corrected chi connectivity index (χ1v) is 13.3. The average molecular weight is 574 g/mol. The number of pyridine rings is 1. The van der Waals surface area contributed by atoms with Crippen LogP contribution in [0.1, 0.15) is 49.9 Å². The second kappa shape index (κ2) is 11.3. The van der Waals surface area contributed by atoms with Gasteiger partial charge in [0.05, 0.1) is 39.9 Å². The van der Waals surface area contributed by atoms with E-state index in [-0.39, 0.29) is 46.7 Å². The molecule has 0 spiro atoms.